The number of hydrogen-bond acceptors (Lipinski definition) is 2. The third kappa shape index (κ3) is 8.60. The highest BCUT2D eigenvalue weighted by molar-refractivity contribution is 6.29. The van der Waals surface area contributed by atoms with Crippen molar-refractivity contribution in [1.29, 1.82) is 0 Å². The zero-order chi connectivity index (χ0) is 59.6. The molecule has 434 valence electrons. The minimum atomic E-state index is 0.116. The number of anilines is 4. The Kier molecular flexibility index (Phi) is 13.2. The van der Waals surface area contributed by atoms with Gasteiger partial charge in [0.15, 0.2) is 0 Å². The molecular weight excluding hydrogens is 1060 g/mol. The van der Waals surface area contributed by atoms with E-state index in [1.807, 2.05) is 0 Å². The minimum Gasteiger partial charge on any atom is -0.333 e. The highest BCUT2D eigenvalue weighted by Gasteiger charge is 2.34. The van der Waals surface area contributed by atoms with Crippen LogP contribution < -0.4 is 9.80 Å². The largest absolute Gasteiger partial charge is 0.333 e. The van der Waals surface area contributed by atoms with Crippen molar-refractivity contribution < 1.29 is 0 Å². The normalized spacial score (nSPS) is 15.4. The summed E-state index contributed by atoms with van der Waals surface area (Å²) in [7, 11) is 0. The van der Waals surface area contributed by atoms with Gasteiger partial charge in [0.05, 0.1) is 34.2 Å². The predicted octanol–water partition coefficient (Wildman–Crippen LogP) is 23.7. The molecule has 0 radical (unpaired) electrons. The van der Waals surface area contributed by atoms with Crippen molar-refractivity contribution in [2.24, 2.45) is 0 Å². The van der Waals surface area contributed by atoms with Gasteiger partial charge in [-0.3, -0.25) is 0 Å². The van der Waals surface area contributed by atoms with Gasteiger partial charge in [0.25, 0.3) is 0 Å². The third-order valence-electron chi connectivity index (χ3n) is 20.4. The first kappa shape index (κ1) is 54.3. The summed E-state index contributed by atoms with van der Waals surface area (Å²) in [6.45, 7) is 18.8. The highest BCUT2D eigenvalue weighted by atomic mass is 15.2. The summed E-state index contributed by atoms with van der Waals surface area (Å²) in [6, 6.07) is 85.5. The van der Waals surface area contributed by atoms with E-state index in [0.717, 1.165) is 38.5 Å². The summed E-state index contributed by atoms with van der Waals surface area (Å²) < 4.78 is 5.06. The molecule has 2 aliphatic carbocycles. The molecule has 0 bridgehead atoms. The fourth-order valence-corrected chi connectivity index (χ4v) is 16.1. The van der Waals surface area contributed by atoms with E-state index >= 15 is 0 Å². The van der Waals surface area contributed by atoms with Crippen LogP contribution in [0.15, 0.2) is 218 Å². The molecule has 0 spiro atoms. The Morgan fingerprint density at radius 3 is 1.15 bits per heavy atom. The summed E-state index contributed by atoms with van der Waals surface area (Å²) in [5, 5.41) is 13.2. The number of benzene rings is 12. The second-order valence-electron chi connectivity index (χ2n) is 26.9. The number of nitrogens with zero attached hydrogens (tertiary/aromatic N) is 4. The van der Waals surface area contributed by atoms with Crippen LogP contribution >= 0.6 is 0 Å². The van der Waals surface area contributed by atoms with Gasteiger partial charge in [0.1, 0.15) is 0 Å². The summed E-state index contributed by atoms with van der Waals surface area (Å²) in [6.07, 6.45) is 6.56. The standard InChI is InChI=1S/C84H78N4/c1-51(2)57-25-17-27-59(45-57)85-77-33-15-13-31-65(77)67-39-37-61(47-79(67)85)87(75-35-19-23-55-21-9-11-29-63(55)75)81-49-73(53(5)6)69-42-44-72-82(50-74(54(7)8)70-41-43-71(81)83(69)84(70)72)88(76-36-20-24-56-22-10-12-30-64(56)76)62-38-40-68-66-32-14-16-34-78(66)86(80(68)48-62)60-28-18-26-58(46-60)52(3)4/h9-18,21-22,25-34,37-54,75-76H,19-20,23-24,35-36H2,1-8H3. The molecule has 88 heavy (non-hydrogen) atoms. The molecule has 0 fully saturated rings. The quantitative estimate of drug-likeness (QED) is 0.113. The first-order valence-electron chi connectivity index (χ1n) is 32.8. The van der Waals surface area contributed by atoms with Crippen LogP contribution in [0.4, 0.5) is 22.7 Å². The van der Waals surface area contributed by atoms with Crippen LogP contribution in [0.25, 0.3) is 87.3 Å². The van der Waals surface area contributed by atoms with Gasteiger partial charge in [-0.15, -0.1) is 0 Å². The Hall–Kier alpha value is -9.12. The van der Waals surface area contributed by atoms with Crippen LogP contribution in [0.3, 0.4) is 0 Å². The molecule has 2 unspecified atom stereocenters. The number of para-hydroxylation sites is 2. The van der Waals surface area contributed by atoms with Crippen molar-refractivity contribution in [3.8, 4) is 11.4 Å². The maximum Gasteiger partial charge on any atom is 0.0594 e. The monoisotopic (exact) mass is 1140 g/mol. The molecule has 4 nitrogen and oxygen atoms in total. The molecule has 2 aromatic heterocycles. The Morgan fingerprint density at radius 1 is 0.330 bits per heavy atom. The van der Waals surface area contributed by atoms with Crippen LogP contribution in [0.2, 0.25) is 0 Å². The molecule has 12 aromatic carbocycles. The third-order valence-corrected chi connectivity index (χ3v) is 20.4. The van der Waals surface area contributed by atoms with Crippen molar-refractivity contribution >= 4 is 98.7 Å². The predicted molar refractivity (Wildman–Crippen MR) is 377 cm³/mol. The fraction of sp³-hybridized carbons (Fsp3) is 0.238. The summed E-state index contributed by atoms with van der Waals surface area (Å²) in [5.74, 6) is 1.36. The molecular formula is C84H78N4. The van der Waals surface area contributed by atoms with Gasteiger partial charge in [-0.05, 0) is 201 Å². The van der Waals surface area contributed by atoms with E-state index in [1.165, 1.54) is 155 Å². The maximum atomic E-state index is 2.79. The van der Waals surface area contributed by atoms with Gasteiger partial charge in [-0.25, -0.2) is 0 Å². The number of hydrogen-bond donors (Lipinski definition) is 0. The lowest BCUT2D eigenvalue weighted by Crippen LogP contribution is -2.28. The molecule has 0 N–H and O–H groups in total. The molecule has 0 aliphatic heterocycles. The molecule has 2 aliphatic rings. The molecule has 0 saturated heterocycles. The molecule has 0 saturated carbocycles. The van der Waals surface area contributed by atoms with Crippen LogP contribution in [0, 0.1) is 0 Å². The first-order chi connectivity index (χ1) is 43.0. The molecule has 14 aromatic rings. The number of fused-ring (bicyclic) bond motifs is 8. The van der Waals surface area contributed by atoms with E-state index in [4.69, 9.17) is 0 Å². The van der Waals surface area contributed by atoms with Gasteiger partial charge < -0.3 is 18.9 Å². The first-order valence-corrected chi connectivity index (χ1v) is 32.8. The van der Waals surface area contributed by atoms with E-state index in [2.05, 4.69) is 293 Å². The molecule has 0 amide bonds. The van der Waals surface area contributed by atoms with E-state index < -0.39 is 0 Å². The van der Waals surface area contributed by atoms with Gasteiger partial charge in [-0.2, -0.15) is 0 Å². The summed E-state index contributed by atoms with van der Waals surface area (Å²) in [4.78, 5) is 5.59. The lowest BCUT2D eigenvalue weighted by Gasteiger charge is -2.40. The summed E-state index contributed by atoms with van der Waals surface area (Å²) >= 11 is 0. The lowest BCUT2D eigenvalue weighted by molar-refractivity contribution is 0.559. The zero-order valence-corrected chi connectivity index (χ0v) is 52.3. The average molecular weight is 1140 g/mol. The van der Waals surface area contributed by atoms with E-state index in [1.54, 1.807) is 0 Å². The highest BCUT2D eigenvalue weighted by Crippen LogP contribution is 2.54. The van der Waals surface area contributed by atoms with Crippen molar-refractivity contribution in [1.82, 2.24) is 9.13 Å². The van der Waals surface area contributed by atoms with E-state index in [9.17, 15) is 0 Å². The minimum absolute atomic E-state index is 0.116. The number of aromatic nitrogens is 2. The second-order valence-corrected chi connectivity index (χ2v) is 26.9. The average Bonchev–Trinajstić information content (AvgIpc) is 0.863. The van der Waals surface area contributed by atoms with E-state index in [-0.39, 0.29) is 23.9 Å². The van der Waals surface area contributed by atoms with Crippen molar-refractivity contribution in [3.63, 3.8) is 0 Å². The van der Waals surface area contributed by atoms with E-state index in [0.29, 0.717) is 11.8 Å². The van der Waals surface area contributed by atoms with Crippen molar-refractivity contribution in [3.05, 3.63) is 263 Å². The van der Waals surface area contributed by atoms with Crippen molar-refractivity contribution in [2.75, 3.05) is 9.80 Å². The van der Waals surface area contributed by atoms with Crippen LogP contribution in [0.5, 0.6) is 0 Å². The van der Waals surface area contributed by atoms with Crippen LogP contribution in [0.1, 0.15) is 161 Å². The fourth-order valence-electron chi connectivity index (χ4n) is 16.1. The summed E-state index contributed by atoms with van der Waals surface area (Å²) in [5.41, 5.74) is 23.6. The molecule has 4 heteroatoms. The maximum absolute atomic E-state index is 2.79. The van der Waals surface area contributed by atoms with Crippen LogP contribution in [-0.2, 0) is 12.8 Å². The van der Waals surface area contributed by atoms with Crippen LogP contribution in [-0.4, -0.2) is 9.13 Å². The smallest absolute Gasteiger partial charge is 0.0594 e. The Labute approximate surface area is 518 Å². The zero-order valence-electron chi connectivity index (χ0n) is 52.3. The Morgan fingerprint density at radius 2 is 0.716 bits per heavy atom. The lowest BCUT2D eigenvalue weighted by atomic mass is 9.82. The Balaban J connectivity index is 0.983. The molecule has 16 rings (SSSR count). The Bertz CT molecular complexity index is 4730. The van der Waals surface area contributed by atoms with Gasteiger partial charge in [0.2, 0.25) is 0 Å². The van der Waals surface area contributed by atoms with Gasteiger partial charge >= 0.3 is 0 Å². The molecule has 2 atom stereocenters. The SMILES string of the molecule is CC(C)c1cccc(-n2c3ccccc3c3ccc(N(c4cc(C(C)C)c5ccc6c(N(c7ccc8c9ccccc9n(-c9cccc(C(C)C)c9)c8c7)C7CCCc8ccccc87)cc(C(C)C)c7ccc4c5c76)C4CCCc5ccccc54)cc32)c1. The number of aryl methyl sites for hydroxylation is 2. The topological polar surface area (TPSA) is 16.3 Å². The molecule has 2 heterocycles. The van der Waals surface area contributed by atoms with Gasteiger partial charge in [-0.1, -0.05) is 201 Å². The van der Waals surface area contributed by atoms with Crippen molar-refractivity contribution in [2.45, 2.75) is 130 Å². The van der Waals surface area contributed by atoms with Gasteiger partial charge in [0, 0.05) is 66.4 Å². The number of rotatable bonds is 12. The second kappa shape index (κ2) is 21.3.